The minimum absolute atomic E-state index is 1.09. The van der Waals surface area contributed by atoms with Crippen LogP contribution >= 0.6 is 0 Å². The Kier molecular flexibility index (Phi) is 8.53. The van der Waals surface area contributed by atoms with Crippen molar-refractivity contribution in [1.29, 1.82) is 0 Å². The van der Waals surface area contributed by atoms with Crippen molar-refractivity contribution in [3.8, 4) is 44.5 Å². The molecule has 12 rings (SSSR count). The molecule has 11 aromatic carbocycles. The minimum Gasteiger partial charge on any atom is -0.354 e. The molecule has 290 valence electrons. The van der Waals surface area contributed by atoms with Crippen LogP contribution in [0, 0.1) is 0 Å². The zero-order valence-electron chi connectivity index (χ0n) is 34.0. The number of para-hydroxylation sites is 1. The van der Waals surface area contributed by atoms with Crippen molar-refractivity contribution in [3.05, 3.63) is 237 Å². The summed E-state index contributed by atoms with van der Waals surface area (Å²) in [7, 11) is 0. The smallest absolute Gasteiger partial charge is 0.0561 e. The first kappa shape index (κ1) is 35.7. The summed E-state index contributed by atoms with van der Waals surface area (Å²) in [4.78, 5) is 6.12. The predicted molar refractivity (Wildman–Crippen MR) is 265 cm³/mol. The lowest BCUT2D eigenvalue weighted by atomic mass is 9.84. The number of rotatable bonds is 7. The molecule has 0 atom stereocenters. The lowest BCUT2D eigenvalue weighted by Crippen LogP contribution is -2.10. The first-order valence-electron chi connectivity index (χ1n) is 21.3. The largest absolute Gasteiger partial charge is 0.354 e. The summed E-state index contributed by atoms with van der Waals surface area (Å²) >= 11 is 0. The second kappa shape index (κ2) is 14.8. The number of nitrogens with zero attached hydrogens (tertiary/aromatic N) is 1. The molecule has 1 heterocycles. The first-order valence-corrected chi connectivity index (χ1v) is 21.3. The van der Waals surface area contributed by atoms with E-state index in [1.807, 2.05) is 0 Å². The maximum Gasteiger partial charge on any atom is 0.0561 e. The molecule has 2 nitrogen and oxygen atoms in total. The van der Waals surface area contributed by atoms with Crippen LogP contribution in [0.3, 0.4) is 0 Å². The zero-order valence-corrected chi connectivity index (χ0v) is 34.0. The van der Waals surface area contributed by atoms with Gasteiger partial charge in [0.1, 0.15) is 0 Å². The summed E-state index contributed by atoms with van der Waals surface area (Å²) < 4.78 is 0. The average molecular weight is 789 g/mol. The molecule has 12 aromatic rings. The summed E-state index contributed by atoms with van der Waals surface area (Å²) in [6, 6.07) is 86.3. The van der Waals surface area contributed by atoms with E-state index in [9.17, 15) is 0 Å². The van der Waals surface area contributed by atoms with Crippen LogP contribution < -0.4 is 4.90 Å². The van der Waals surface area contributed by atoms with Crippen molar-refractivity contribution in [2.45, 2.75) is 0 Å². The quantitative estimate of drug-likeness (QED) is 0.159. The van der Waals surface area contributed by atoms with Gasteiger partial charge in [-0.1, -0.05) is 182 Å². The third-order valence-electron chi connectivity index (χ3n) is 12.5. The molecule has 2 heteroatoms. The van der Waals surface area contributed by atoms with E-state index in [0.717, 1.165) is 33.7 Å². The molecule has 1 aromatic heterocycles. The first-order chi connectivity index (χ1) is 30.7. The van der Waals surface area contributed by atoms with Crippen LogP contribution in [-0.2, 0) is 0 Å². The lowest BCUT2D eigenvalue weighted by molar-refractivity contribution is 1.30. The molecule has 1 N–H and O–H groups in total. The monoisotopic (exact) mass is 788 g/mol. The fourth-order valence-electron chi connectivity index (χ4n) is 9.67. The van der Waals surface area contributed by atoms with Gasteiger partial charge in [0.15, 0.2) is 0 Å². The van der Waals surface area contributed by atoms with Gasteiger partial charge in [0.2, 0.25) is 0 Å². The number of aromatic nitrogens is 1. The van der Waals surface area contributed by atoms with Crippen molar-refractivity contribution >= 4 is 71.2 Å². The van der Waals surface area contributed by atoms with Crippen LogP contribution in [0.2, 0.25) is 0 Å². The summed E-state index contributed by atoms with van der Waals surface area (Å²) in [6.07, 6.45) is 0. The predicted octanol–water partition coefficient (Wildman–Crippen LogP) is 16.9. The van der Waals surface area contributed by atoms with Gasteiger partial charge in [0, 0.05) is 33.2 Å². The molecular formula is C60H40N2. The maximum absolute atomic E-state index is 3.70. The Morgan fingerprint density at radius 2 is 0.823 bits per heavy atom. The van der Waals surface area contributed by atoms with E-state index >= 15 is 0 Å². The molecule has 0 unspecified atom stereocenters. The van der Waals surface area contributed by atoms with Crippen LogP contribution in [0.15, 0.2) is 237 Å². The molecule has 0 aliphatic carbocycles. The van der Waals surface area contributed by atoms with Gasteiger partial charge in [0.05, 0.1) is 5.69 Å². The number of anilines is 3. The summed E-state index contributed by atoms with van der Waals surface area (Å²) in [5.74, 6) is 0. The minimum atomic E-state index is 1.09. The van der Waals surface area contributed by atoms with Crippen molar-refractivity contribution < 1.29 is 0 Å². The van der Waals surface area contributed by atoms with Gasteiger partial charge < -0.3 is 9.88 Å². The number of hydrogen-bond donors (Lipinski definition) is 1. The third-order valence-corrected chi connectivity index (χ3v) is 12.5. The average Bonchev–Trinajstić information content (AvgIpc) is 3.74. The van der Waals surface area contributed by atoms with Gasteiger partial charge in [-0.3, -0.25) is 0 Å². The van der Waals surface area contributed by atoms with Crippen molar-refractivity contribution in [2.24, 2.45) is 0 Å². The van der Waals surface area contributed by atoms with Gasteiger partial charge in [0.25, 0.3) is 0 Å². The lowest BCUT2D eigenvalue weighted by Gasteiger charge is -2.27. The summed E-state index contributed by atoms with van der Waals surface area (Å²) in [6.45, 7) is 0. The molecule has 0 bridgehead atoms. The number of nitrogens with one attached hydrogen (secondary N) is 1. The fourth-order valence-corrected chi connectivity index (χ4v) is 9.67. The molecule has 0 saturated heterocycles. The molecule has 62 heavy (non-hydrogen) atoms. The Balaban J connectivity index is 1.05. The number of fused-ring (bicyclic) bond motifs is 7. The van der Waals surface area contributed by atoms with E-state index in [-0.39, 0.29) is 0 Å². The van der Waals surface area contributed by atoms with Gasteiger partial charge in [-0.05, 0) is 131 Å². The highest BCUT2D eigenvalue weighted by Crippen LogP contribution is 2.47. The number of benzene rings is 11. The van der Waals surface area contributed by atoms with Crippen molar-refractivity contribution in [1.82, 2.24) is 4.98 Å². The number of hydrogen-bond acceptors (Lipinski definition) is 1. The van der Waals surface area contributed by atoms with Gasteiger partial charge in [-0.25, -0.2) is 0 Å². The SMILES string of the molecule is c1ccc(-c2c(-c3ccccc3)c3cc(-c4cccc(N(c5ccc(-c6ccc7ccccc7c6)cc5)c5cccc6[nH]c7ccccc7c56)c4)ccc3c3ccccc23)cc1. The molecule has 0 amide bonds. The second-order valence-electron chi connectivity index (χ2n) is 16.2. The zero-order chi connectivity index (χ0) is 41.0. The normalized spacial score (nSPS) is 11.5. The van der Waals surface area contributed by atoms with E-state index in [4.69, 9.17) is 0 Å². The molecule has 0 radical (unpaired) electrons. The molecule has 0 aliphatic rings. The Morgan fingerprint density at radius 1 is 0.274 bits per heavy atom. The number of aromatic amines is 1. The highest BCUT2D eigenvalue weighted by atomic mass is 15.1. The van der Waals surface area contributed by atoms with Gasteiger partial charge >= 0.3 is 0 Å². The summed E-state index contributed by atoms with van der Waals surface area (Å²) in [5, 5.41) is 9.90. The molecule has 0 spiro atoms. The van der Waals surface area contributed by atoms with E-state index in [1.165, 1.54) is 82.0 Å². The van der Waals surface area contributed by atoms with Crippen molar-refractivity contribution in [3.63, 3.8) is 0 Å². The van der Waals surface area contributed by atoms with E-state index in [2.05, 4.69) is 246 Å². The Labute approximate surface area is 360 Å². The molecule has 0 aliphatic heterocycles. The highest BCUT2D eigenvalue weighted by molar-refractivity contribution is 6.22. The standard InChI is InChI=1S/C60H40N2/c1-3-16-42(17-4-1)58-52-24-10-9-23-50(52)51-36-33-47(39-54(51)59(58)43-18-5-2-6-19-43)45-21-13-22-49(38-45)62(57-28-14-27-56-60(57)53-25-11-12-26-55(53)61-56)48-34-31-41(32-35-48)46-30-29-40-15-7-8-20-44(40)37-46/h1-39,61H. The Hall–Kier alpha value is -8.20. The van der Waals surface area contributed by atoms with Crippen LogP contribution in [0.25, 0.3) is 98.6 Å². The van der Waals surface area contributed by atoms with E-state index < -0.39 is 0 Å². The highest BCUT2D eigenvalue weighted by Gasteiger charge is 2.21. The second-order valence-corrected chi connectivity index (χ2v) is 16.2. The third kappa shape index (κ3) is 6.04. The summed E-state index contributed by atoms with van der Waals surface area (Å²) in [5.41, 5.74) is 15.2. The topological polar surface area (TPSA) is 19.0 Å². The van der Waals surface area contributed by atoms with Gasteiger partial charge in [-0.15, -0.1) is 0 Å². The molecule has 0 saturated carbocycles. The fraction of sp³-hybridized carbons (Fsp3) is 0. The molecule has 0 fully saturated rings. The maximum atomic E-state index is 3.70. The number of H-pyrrole nitrogens is 1. The Morgan fingerprint density at radius 3 is 1.61 bits per heavy atom. The van der Waals surface area contributed by atoms with Crippen molar-refractivity contribution in [2.75, 3.05) is 4.90 Å². The molecular weight excluding hydrogens is 749 g/mol. The van der Waals surface area contributed by atoms with E-state index in [1.54, 1.807) is 0 Å². The van der Waals surface area contributed by atoms with Crippen LogP contribution in [-0.4, -0.2) is 4.98 Å². The van der Waals surface area contributed by atoms with Crippen LogP contribution in [0.5, 0.6) is 0 Å². The van der Waals surface area contributed by atoms with Crippen LogP contribution in [0.1, 0.15) is 0 Å². The van der Waals surface area contributed by atoms with Gasteiger partial charge in [-0.2, -0.15) is 0 Å². The van der Waals surface area contributed by atoms with E-state index in [0.29, 0.717) is 0 Å². The van der Waals surface area contributed by atoms with Crippen LogP contribution in [0.4, 0.5) is 17.1 Å². The Bertz CT molecular complexity index is 3620.